The molecule has 1 saturated heterocycles. The minimum atomic E-state index is -1.59. The Hall–Kier alpha value is -2.38. The third-order valence-electron chi connectivity index (χ3n) is 11.4. The maximum absolute atomic E-state index is 13.0. The standard InChI is InChI=1S/C51H91NO10/c1-3-5-7-9-11-13-15-18-21-25-29-33-37-44(54)43(42-61-51-50(59)49(58)48(57)45(41-53)62-51)52-46(55)38-34-30-26-22-19-16-20-24-28-32-36-40-60-47(56)39-35-31-27-23-17-14-12-10-8-6-4-2/h10,12,18,20-21,24,33,37,43-45,48-51,53-54,57-59H,3-9,11,13-17,19,22-23,25-32,34-36,38-42H2,1-2H3,(H,52,55)/b12-10-,21-18+,24-20-,37-33+. The second-order valence-corrected chi connectivity index (χ2v) is 17.1. The zero-order valence-corrected chi connectivity index (χ0v) is 39.1. The molecule has 62 heavy (non-hydrogen) atoms. The van der Waals surface area contributed by atoms with Crippen LogP contribution in [0.4, 0.5) is 0 Å². The Morgan fingerprint density at radius 2 is 1.06 bits per heavy atom. The summed E-state index contributed by atoms with van der Waals surface area (Å²) < 4.78 is 16.6. The number of ether oxygens (including phenoxy) is 3. The molecule has 7 unspecified atom stereocenters. The molecular weight excluding hydrogens is 787 g/mol. The molecule has 0 spiro atoms. The van der Waals surface area contributed by atoms with Crippen molar-refractivity contribution in [1.82, 2.24) is 5.32 Å². The van der Waals surface area contributed by atoms with E-state index in [4.69, 9.17) is 14.2 Å². The number of carbonyl (C=O) groups is 2. The Labute approximate surface area is 376 Å². The number of unbranched alkanes of at least 4 members (excludes halogenated alkanes) is 21. The first kappa shape index (κ1) is 57.6. The third-order valence-corrected chi connectivity index (χ3v) is 11.4. The lowest BCUT2D eigenvalue weighted by molar-refractivity contribution is -0.302. The van der Waals surface area contributed by atoms with Crippen molar-refractivity contribution in [2.24, 2.45) is 0 Å². The van der Waals surface area contributed by atoms with Gasteiger partial charge in [0.1, 0.15) is 24.4 Å². The van der Waals surface area contributed by atoms with Gasteiger partial charge in [0.05, 0.1) is 32.0 Å². The van der Waals surface area contributed by atoms with Crippen molar-refractivity contribution in [3.63, 3.8) is 0 Å². The molecule has 11 heteroatoms. The van der Waals surface area contributed by atoms with E-state index < -0.39 is 49.5 Å². The number of esters is 1. The van der Waals surface area contributed by atoms with Crippen LogP contribution in [0, 0.1) is 0 Å². The Bertz CT molecular complexity index is 1170. The van der Waals surface area contributed by atoms with E-state index in [9.17, 15) is 35.1 Å². The Morgan fingerprint density at radius 1 is 0.581 bits per heavy atom. The molecule has 360 valence electrons. The summed E-state index contributed by atoms with van der Waals surface area (Å²) in [6.45, 7) is 4.14. The van der Waals surface area contributed by atoms with Crippen LogP contribution in [0.2, 0.25) is 0 Å². The molecule has 0 aliphatic carbocycles. The van der Waals surface area contributed by atoms with Gasteiger partial charge in [-0.05, 0) is 89.9 Å². The quantitative estimate of drug-likeness (QED) is 0.0197. The van der Waals surface area contributed by atoms with Gasteiger partial charge < -0.3 is 45.1 Å². The molecule has 0 aromatic carbocycles. The summed E-state index contributed by atoms with van der Waals surface area (Å²) in [7, 11) is 0. The first-order valence-corrected chi connectivity index (χ1v) is 24.9. The second-order valence-electron chi connectivity index (χ2n) is 17.1. The Morgan fingerprint density at radius 3 is 1.65 bits per heavy atom. The molecule has 0 saturated carbocycles. The van der Waals surface area contributed by atoms with Gasteiger partial charge >= 0.3 is 5.97 Å². The number of hydrogen-bond donors (Lipinski definition) is 6. The number of amides is 1. The lowest BCUT2D eigenvalue weighted by atomic mass is 9.99. The van der Waals surface area contributed by atoms with Gasteiger partial charge in [0.2, 0.25) is 5.91 Å². The van der Waals surface area contributed by atoms with Crippen molar-refractivity contribution in [3.05, 3.63) is 48.6 Å². The molecule has 1 amide bonds. The Kier molecular flexibility index (Phi) is 38.4. The number of allylic oxidation sites excluding steroid dienone is 7. The number of nitrogens with one attached hydrogen (secondary N) is 1. The highest BCUT2D eigenvalue weighted by molar-refractivity contribution is 5.76. The SMILES string of the molecule is CCCC/C=C\CCCCCCCC(=O)OCCCC/C=C\CCCCCCCC(=O)NC(COC1OC(CO)C(O)C(O)C1O)C(O)/C=C/CC/C=C/CCCCCCCC. The van der Waals surface area contributed by atoms with Gasteiger partial charge in [-0.3, -0.25) is 9.59 Å². The highest BCUT2D eigenvalue weighted by Gasteiger charge is 2.44. The predicted molar refractivity (Wildman–Crippen MR) is 250 cm³/mol. The monoisotopic (exact) mass is 878 g/mol. The van der Waals surface area contributed by atoms with Crippen LogP contribution in [0.25, 0.3) is 0 Å². The number of aliphatic hydroxyl groups excluding tert-OH is 5. The first-order chi connectivity index (χ1) is 30.2. The van der Waals surface area contributed by atoms with E-state index in [0.29, 0.717) is 25.9 Å². The summed E-state index contributed by atoms with van der Waals surface area (Å²) in [5.74, 6) is -0.295. The molecule has 1 aliphatic heterocycles. The van der Waals surface area contributed by atoms with Gasteiger partial charge in [-0.15, -0.1) is 0 Å². The van der Waals surface area contributed by atoms with E-state index >= 15 is 0 Å². The van der Waals surface area contributed by atoms with Crippen molar-refractivity contribution in [3.8, 4) is 0 Å². The van der Waals surface area contributed by atoms with Crippen molar-refractivity contribution >= 4 is 11.9 Å². The van der Waals surface area contributed by atoms with Crippen LogP contribution in [0.15, 0.2) is 48.6 Å². The summed E-state index contributed by atoms with van der Waals surface area (Å²) in [5.41, 5.74) is 0. The van der Waals surface area contributed by atoms with E-state index in [0.717, 1.165) is 83.5 Å². The molecular formula is C51H91NO10. The van der Waals surface area contributed by atoms with E-state index in [1.54, 1.807) is 6.08 Å². The predicted octanol–water partition coefficient (Wildman–Crippen LogP) is 9.77. The molecule has 0 radical (unpaired) electrons. The maximum Gasteiger partial charge on any atom is 0.305 e. The lowest BCUT2D eigenvalue weighted by Crippen LogP contribution is -2.60. The zero-order valence-electron chi connectivity index (χ0n) is 39.1. The van der Waals surface area contributed by atoms with Gasteiger partial charge in [-0.2, -0.15) is 0 Å². The first-order valence-electron chi connectivity index (χ1n) is 24.9. The van der Waals surface area contributed by atoms with Crippen LogP contribution in [-0.2, 0) is 23.8 Å². The van der Waals surface area contributed by atoms with E-state index in [2.05, 4.69) is 55.6 Å². The molecule has 7 atom stereocenters. The fourth-order valence-corrected chi connectivity index (χ4v) is 7.30. The van der Waals surface area contributed by atoms with E-state index in [-0.39, 0.29) is 18.5 Å². The largest absolute Gasteiger partial charge is 0.466 e. The maximum atomic E-state index is 13.0. The van der Waals surface area contributed by atoms with Crippen LogP contribution in [-0.4, -0.2) is 100 Å². The molecule has 1 rings (SSSR count). The molecule has 1 aliphatic rings. The molecule has 11 nitrogen and oxygen atoms in total. The van der Waals surface area contributed by atoms with Crippen LogP contribution >= 0.6 is 0 Å². The summed E-state index contributed by atoms with van der Waals surface area (Å²) in [5, 5.41) is 54.1. The summed E-state index contributed by atoms with van der Waals surface area (Å²) in [6.07, 6.45) is 39.0. The molecule has 1 heterocycles. The minimum Gasteiger partial charge on any atom is -0.466 e. The average Bonchev–Trinajstić information content (AvgIpc) is 3.27. The highest BCUT2D eigenvalue weighted by atomic mass is 16.7. The summed E-state index contributed by atoms with van der Waals surface area (Å²) in [4.78, 5) is 25.0. The van der Waals surface area contributed by atoms with Crippen molar-refractivity contribution in [2.75, 3.05) is 19.8 Å². The average molecular weight is 878 g/mol. The summed E-state index contributed by atoms with van der Waals surface area (Å²) in [6, 6.07) is -0.848. The van der Waals surface area contributed by atoms with Gasteiger partial charge in [-0.25, -0.2) is 0 Å². The number of carbonyl (C=O) groups excluding carboxylic acids is 2. The number of hydrogen-bond acceptors (Lipinski definition) is 10. The van der Waals surface area contributed by atoms with Crippen LogP contribution in [0.1, 0.15) is 200 Å². The lowest BCUT2D eigenvalue weighted by Gasteiger charge is -2.40. The second kappa shape index (κ2) is 41.3. The van der Waals surface area contributed by atoms with Gasteiger partial charge in [0.25, 0.3) is 0 Å². The van der Waals surface area contributed by atoms with Crippen LogP contribution < -0.4 is 5.32 Å². The number of aliphatic hydroxyl groups is 5. The van der Waals surface area contributed by atoms with Crippen molar-refractivity contribution in [1.29, 1.82) is 0 Å². The number of rotatable bonds is 41. The third kappa shape index (κ3) is 31.5. The molecule has 1 fully saturated rings. The van der Waals surface area contributed by atoms with E-state index in [1.807, 2.05) is 6.08 Å². The zero-order chi connectivity index (χ0) is 45.3. The highest BCUT2D eigenvalue weighted by Crippen LogP contribution is 2.22. The summed E-state index contributed by atoms with van der Waals surface area (Å²) >= 11 is 0. The van der Waals surface area contributed by atoms with Crippen LogP contribution in [0.3, 0.4) is 0 Å². The topological polar surface area (TPSA) is 175 Å². The van der Waals surface area contributed by atoms with E-state index in [1.165, 1.54) is 83.5 Å². The molecule has 6 N–H and O–H groups in total. The molecule has 0 bridgehead atoms. The minimum absolute atomic E-state index is 0.0707. The fraction of sp³-hybridized carbons (Fsp3) is 0.804. The fourth-order valence-electron chi connectivity index (χ4n) is 7.30. The smallest absolute Gasteiger partial charge is 0.305 e. The molecule has 0 aromatic rings. The normalized spacial score (nSPS) is 20.5. The molecule has 0 aromatic heterocycles. The van der Waals surface area contributed by atoms with Gasteiger partial charge in [0, 0.05) is 12.8 Å². The van der Waals surface area contributed by atoms with Crippen molar-refractivity contribution < 1.29 is 49.3 Å². The Balaban J connectivity index is 2.27. The van der Waals surface area contributed by atoms with Crippen molar-refractivity contribution in [2.45, 2.75) is 243 Å². The van der Waals surface area contributed by atoms with Gasteiger partial charge in [0.15, 0.2) is 6.29 Å². The van der Waals surface area contributed by atoms with Crippen LogP contribution in [0.5, 0.6) is 0 Å². The van der Waals surface area contributed by atoms with Gasteiger partial charge in [-0.1, -0.05) is 146 Å².